The summed E-state index contributed by atoms with van der Waals surface area (Å²) >= 11 is 6.06. The number of fused-ring (bicyclic) bond motifs is 1. The molecule has 2 aromatic heterocycles. The van der Waals surface area contributed by atoms with Crippen LogP contribution in [-0.4, -0.2) is 26.5 Å². The van der Waals surface area contributed by atoms with Crippen molar-refractivity contribution in [3.8, 4) is 11.1 Å². The van der Waals surface area contributed by atoms with E-state index in [0.29, 0.717) is 16.4 Å². The number of halogens is 1. The monoisotopic (exact) mass is 328 g/mol. The maximum atomic E-state index is 12.3. The Kier molecular flexibility index (Phi) is 4.30. The minimum Gasteiger partial charge on any atom is -0.348 e. The summed E-state index contributed by atoms with van der Waals surface area (Å²) < 4.78 is 1.65. The van der Waals surface area contributed by atoms with Gasteiger partial charge in [-0.1, -0.05) is 30.7 Å². The quantitative estimate of drug-likeness (QED) is 0.796. The van der Waals surface area contributed by atoms with Gasteiger partial charge in [0, 0.05) is 22.8 Å². The van der Waals surface area contributed by atoms with Gasteiger partial charge < -0.3 is 5.32 Å². The zero-order chi connectivity index (χ0) is 16.4. The van der Waals surface area contributed by atoms with E-state index in [2.05, 4.69) is 15.4 Å². The molecule has 1 N–H and O–H groups in total. The van der Waals surface area contributed by atoms with E-state index in [1.165, 1.54) is 0 Å². The van der Waals surface area contributed by atoms with Crippen molar-refractivity contribution in [2.45, 2.75) is 26.3 Å². The first kappa shape index (κ1) is 15.5. The lowest BCUT2D eigenvalue weighted by molar-refractivity contribution is 0.0934. The third-order valence-electron chi connectivity index (χ3n) is 3.73. The molecule has 3 rings (SSSR count). The van der Waals surface area contributed by atoms with Crippen molar-refractivity contribution in [3.63, 3.8) is 0 Å². The molecular formula is C17H17ClN4O. The van der Waals surface area contributed by atoms with Crippen LogP contribution < -0.4 is 5.32 Å². The van der Waals surface area contributed by atoms with Gasteiger partial charge in [0.05, 0.1) is 6.20 Å². The van der Waals surface area contributed by atoms with E-state index in [4.69, 9.17) is 11.6 Å². The Labute approximate surface area is 139 Å². The molecule has 118 valence electrons. The van der Waals surface area contributed by atoms with Crippen LogP contribution in [0.15, 0.2) is 42.7 Å². The SMILES string of the molecule is CCC(C)NC(=O)c1ccn2ncc(-c3cccc(Cl)c3)c2n1. The van der Waals surface area contributed by atoms with Crippen molar-refractivity contribution in [1.29, 1.82) is 0 Å². The van der Waals surface area contributed by atoms with Crippen LogP contribution >= 0.6 is 11.6 Å². The number of amides is 1. The maximum Gasteiger partial charge on any atom is 0.270 e. The molecule has 1 amide bonds. The van der Waals surface area contributed by atoms with Crippen LogP contribution in [0.3, 0.4) is 0 Å². The summed E-state index contributed by atoms with van der Waals surface area (Å²) in [6, 6.07) is 9.26. The highest BCUT2D eigenvalue weighted by molar-refractivity contribution is 6.30. The Morgan fingerprint density at radius 2 is 2.22 bits per heavy atom. The molecule has 1 atom stereocenters. The Morgan fingerprint density at radius 3 is 2.96 bits per heavy atom. The second kappa shape index (κ2) is 6.38. The van der Waals surface area contributed by atoms with Gasteiger partial charge in [0.15, 0.2) is 5.65 Å². The summed E-state index contributed by atoms with van der Waals surface area (Å²) in [6.07, 6.45) is 4.33. The molecule has 1 unspecified atom stereocenters. The number of benzene rings is 1. The highest BCUT2D eigenvalue weighted by atomic mass is 35.5. The lowest BCUT2D eigenvalue weighted by Crippen LogP contribution is -2.32. The number of nitrogens with zero attached hydrogens (tertiary/aromatic N) is 3. The van der Waals surface area contributed by atoms with Crippen LogP contribution in [0, 0.1) is 0 Å². The molecule has 0 saturated carbocycles. The van der Waals surface area contributed by atoms with Crippen molar-refractivity contribution in [1.82, 2.24) is 19.9 Å². The number of aromatic nitrogens is 3. The summed E-state index contributed by atoms with van der Waals surface area (Å²) in [7, 11) is 0. The fourth-order valence-electron chi connectivity index (χ4n) is 2.25. The van der Waals surface area contributed by atoms with Crippen LogP contribution in [0.25, 0.3) is 16.8 Å². The molecule has 6 heteroatoms. The number of carbonyl (C=O) groups is 1. The molecule has 0 spiro atoms. The van der Waals surface area contributed by atoms with Crippen LogP contribution in [0.1, 0.15) is 30.8 Å². The van der Waals surface area contributed by atoms with E-state index >= 15 is 0 Å². The minimum absolute atomic E-state index is 0.109. The highest BCUT2D eigenvalue weighted by Gasteiger charge is 2.14. The molecule has 3 aromatic rings. The van der Waals surface area contributed by atoms with Crippen LogP contribution in [-0.2, 0) is 0 Å². The van der Waals surface area contributed by atoms with E-state index in [1.54, 1.807) is 23.0 Å². The maximum absolute atomic E-state index is 12.3. The van der Waals surface area contributed by atoms with Crippen molar-refractivity contribution in [2.24, 2.45) is 0 Å². The predicted molar refractivity (Wildman–Crippen MR) is 90.7 cm³/mol. The summed E-state index contributed by atoms with van der Waals surface area (Å²) in [5, 5.41) is 7.85. The van der Waals surface area contributed by atoms with Gasteiger partial charge in [-0.15, -0.1) is 0 Å². The average Bonchev–Trinajstić information content (AvgIpc) is 2.97. The molecule has 0 aliphatic heterocycles. The number of carbonyl (C=O) groups excluding carboxylic acids is 1. The first-order chi connectivity index (χ1) is 11.1. The van der Waals surface area contributed by atoms with Gasteiger partial charge >= 0.3 is 0 Å². The van der Waals surface area contributed by atoms with Gasteiger partial charge in [0.2, 0.25) is 0 Å². The van der Waals surface area contributed by atoms with Gasteiger partial charge in [-0.25, -0.2) is 9.50 Å². The molecular weight excluding hydrogens is 312 g/mol. The number of hydrogen-bond acceptors (Lipinski definition) is 3. The third kappa shape index (κ3) is 3.19. The lowest BCUT2D eigenvalue weighted by Gasteiger charge is -2.10. The van der Waals surface area contributed by atoms with Gasteiger partial charge in [0.1, 0.15) is 5.69 Å². The van der Waals surface area contributed by atoms with E-state index in [0.717, 1.165) is 17.5 Å². The fourth-order valence-corrected chi connectivity index (χ4v) is 2.45. The molecule has 0 fully saturated rings. The Balaban J connectivity index is 2.02. The van der Waals surface area contributed by atoms with Crippen LogP contribution in [0.2, 0.25) is 5.02 Å². The second-order valence-corrected chi connectivity index (χ2v) is 5.87. The van der Waals surface area contributed by atoms with Gasteiger partial charge in [0.25, 0.3) is 5.91 Å². The third-order valence-corrected chi connectivity index (χ3v) is 3.96. The fraction of sp³-hybridized carbons (Fsp3) is 0.235. The van der Waals surface area contributed by atoms with E-state index in [1.807, 2.05) is 38.1 Å². The zero-order valence-corrected chi connectivity index (χ0v) is 13.7. The van der Waals surface area contributed by atoms with Crippen molar-refractivity contribution in [2.75, 3.05) is 0 Å². The van der Waals surface area contributed by atoms with Gasteiger partial charge in [-0.3, -0.25) is 4.79 Å². The predicted octanol–water partition coefficient (Wildman–Crippen LogP) is 3.58. The van der Waals surface area contributed by atoms with Crippen LogP contribution in [0.5, 0.6) is 0 Å². The van der Waals surface area contributed by atoms with Gasteiger partial charge in [-0.05, 0) is 37.1 Å². The first-order valence-electron chi connectivity index (χ1n) is 7.49. The van der Waals surface area contributed by atoms with Crippen LogP contribution in [0.4, 0.5) is 0 Å². The van der Waals surface area contributed by atoms with E-state index in [9.17, 15) is 4.79 Å². The molecule has 2 heterocycles. The smallest absolute Gasteiger partial charge is 0.270 e. The number of nitrogens with one attached hydrogen (secondary N) is 1. The molecule has 0 aliphatic carbocycles. The van der Waals surface area contributed by atoms with Crippen molar-refractivity contribution < 1.29 is 4.79 Å². The van der Waals surface area contributed by atoms with Gasteiger partial charge in [-0.2, -0.15) is 5.10 Å². The molecule has 0 bridgehead atoms. The number of hydrogen-bond donors (Lipinski definition) is 1. The lowest BCUT2D eigenvalue weighted by atomic mass is 10.1. The summed E-state index contributed by atoms with van der Waals surface area (Å²) in [5.74, 6) is -0.180. The summed E-state index contributed by atoms with van der Waals surface area (Å²) in [6.45, 7) is 3.99. The topological polar surface area (TPSA) is 59.3 Å². The number of rotatable bonds is 4. The molecule has 5 nitrogen and oxygen atoms in total. The van der Waals surface area contributed by atoms with Crippen molar-refractivity contribution >= 4 is 23.2 Å². The largest absolute Gasteiger partial charge is 0.348 e. The Morgan fingerprint density at radius 1 is 1.39 bits per heavy atom. The van der Waals surface area contributed by atoms with E-state index < -0.39 is 0 Å². The summed E-state index contributed by atoms with van der Waals surface area (Å²) in [4.78, 5) is 16.7. The second-order valence-electron chi connectivity index (χ2n) is 5.43. The molecule has 0 saturated heterocycles. The standard InChI is InChI=1S/C17H17ClN4O/c1-3-11(2)20-17(23)15-7-8-22-16(21-15)14(10-19-22)12-5-4-6-13(18)9-12/h4-11H,3H2,1-2H3,(H,20,23). The Bertz CT molecular complexity index is 859. The first-order valence-corrected chi connectivity index (χ1v) is 7.87. The highest BCUT2D eigenvalue weighted by Crippen LogP contribution is 2.25. The molecule has 0 aliphatic rings. The average molecular weight is 329 g/mol. The Hall–Kier alpha value is -2.40. The van der Waals surface area contributed by atoms with Crippen molar-refractivity contribution in [3.05, 3.63) is 53.4 Å². The normalized spacial score (nSPS) is 12.3. The van der Waals surface area contributed by atoms with E-state index in [-0.39, 0.29) is 11.9 Å². The molecule has 23 heavy (non-hydrogen) atoms. The minimum atomic E-state index is -0.180. The zero-order valence-electron chi connectivity index (χ0n) is 13.0. The molecule has 1 aromatic carbocycles. The summed E-state index contributed by atoms with van der Waals surface area (Å²) in [5.41, 5.74) is 2.76. The molecule has 0 radical (unpaired) electrons.